The minimum absolute atomic E-state index is 0.0202. The van der Waals surface area contributed by atoms with E-state index in [-0.39, 0.29) is 16.5 Å². The monoisotopic (exact) mass is 491 g/mol. The average molecular weight is 492 g/mol. The number of aromatic nitrogens is 1. The van der Waals surface area contributed by atoms with E-state index in [9.17, 15) is 13.9 Å². The molecule has 0 aliphatic heterocycles. The molecule has 3 rings (SSSR count). The molecule has 0 saturated heterocycles. The van der Waals surface area contributed by atoms with E-state index >= 15 is 0 Å². The Labute approximate surface area is 186 Å². The maximum Gasteiger partial charge on any atom is 0.387 e. The highest BCUT2D eigenvalue weighted by Gasteiger charge is 2.25. The lowest BCUT2D eigenvalue weighted by molar-refractivity contribution is -0.576. The number of hydrogen-bond donors (Lipinski definition) is 2. The van der Waals surface area contributed by atoms with Crippen molar-refractivity contribution in [1.29, 1.82) is 0 Å². The number of ether oxygens (including phenoxy) is 1. The molecule has 0 atom stereocenters. The molecule has 1 aromatic heterocycles. The second kappa shape index (κ2) is 9.77. The summed E-state index contributed by atoms with van der Waals surface area (Å²) in [6.07, 6.45) is 3.62. The number of hydrogen-bond acceptors (Lipinski definition) is 3. The summed E-state index contributed by atoms with van der Waals surface area (Å²) in [5, 5.41) is 14.1. The number of benzene rings is 2. The van der Waals surface area contributed by atoms with E-state index < -0.39 is 6.61 Å². The van der Waals surface area contributed by atoms with Crippen molar-refractivity contribution in [2.24, 2.45) is 0 Å². The maximum absolute atomic E-state index is 12.3. The van der Waals surface area contributed by atoms with Crippen molar-refractivity contribution in [2.45, 2.75) is 13.5 Å². The first-order chi connectivity index (χ1) is 14.3. The zero-order valence-corrected chi connectivity index (χ0v) is 18.3. The number of aryl methyl sites for hydroxylation is 1. The number of rotatable bonds is 6. The second-order valence-electron chi connectivity index (χ2n) is 6.32. The van der Waals surface area contributed by atoms with Crippen LogP contribution in [0.5, 0.6) is 5.75 Å². The zero-order valence-electron chi connectivity index (χ0n) is 15.9. The number of aliphatic hydroxyl groups is 1. The molecule has 8 heteroatoms. The Hall–Kier alpha value is -2.84. The summed E-state index contributed by atoms with van der Waals surface area (Å²) in [5.41, 5.74) is 2.48. The Morgan fingerprint density at radius 1 is 1.10 bits per heavy atom. The van der Waals surface area contributed by atoms with Gasteiger partial charge in [-0.15, -0.1) is 0 Å². The van der Waals surface area contributed by atoms with Crippen molar-refractivity contribution in [1.82, 2.24) is 0 Å². The average Bonchev–Trinajstić information content (AvgIpc) is 2.69. The van der Waals surface area contributed by atoms with Crippen molar-refractivity contribution in [3.8, 4) is 5.75 Å². The number of aliphatic hydroxyl groups excluding tert-OH is 1. The van der Waals surface area contributed by atoms with Crippen LogP contribution < -0.4 is 14.6 Å². The standard InChI is InChI=1S/C22H17BrF2N2O2S/c1-14-5-4-12-27(13-14)19(20(28)17-6-2-3-7-18(17)23)21(30)26-15-8-10-16(11-9-15)29-22(24)25/h2-13,22H,1H3,(H-,26,28,30)/p+1. The van der Waals surface area contributed by atoms with Gasteiger partial charge in [0.05, 0.1) is 0 Å². The first kappa shape index (κ1) is 21.9. The number of pyridine rings is 1. The van der Waals surface area contributed by atoms with Gasteiger partial charge in [0, 0.05) is 27.4 Å². The van der Waals surface area contributed by atoms with E-state index in [1.54, 1.807) is 29.0 Å². The molecule has 0 aliphatic rings. The van der Waals surface area contributed by atoms with Crippen molar-refractivity contribution in [2.75, 3.05) is 5.32 Å². The van der Waals surface area contributed by atoms with Crippen LogP contribution >= 0.6 is 28.1 Å². The molecule has 3 aromatic rings. The molecule has 0 bridgehead atoms. The van der Waals surface area contributed by atoms with E-state index in [1.807, 2.05) is 43.5 Å². The lowest BCUT2D eigenvalue weighted by atomic mass is 10.1. The van der Waals surface area contributed by atoms with Crippen LogP contribution in [0.2, 0.25) is 0 Å². The van der Waals surface area contributed by atoms with Crippen LogP contribution in [-0.2, 0) is 0 Å². The van der Waals surface area contributed by atoms with Gasteiger partial charge in [-0.1, -0.05) is 40.3 Å². The summed E-state index contributed by atoms with van der Waals surface area (Å²) < 4.78 is 31.5. The lowest BCUT2D eigenvalue weighted by Crippen LogP contribution is -2.38. The molecular formula is C22H18BrF2N2O2S+. The van der Waals surface area contributed by atoms with E-state index in [4.69, 9.17) is 12.2 Å². The topological polar surface area (TPSA) is 45.4 Å². The highest BCUT2D eigenvalue weighted by atomic mass is 79.9. The Balaban J connectivity index is 1.99. The fourth-order valence-corrected chi connectivity index (χ4v) is 3.56. The molecule has 0 unspecified atom stereocenters. The molecule has 0 radical (unpaired) electrons. The molecule has 2 N–H and O–H groups in total. The van der Waals surface area contributed by atoms with Crippen LogP contribution in [-0.4, -0.2) is 16.7 Å². The maximum atomic E-state index is 12.3. The van der Waals surface area contributed by atoms with E-state index in [0.717, 1.165) is 5.56 Å². The summed E-state index contributed by atoms with van der Waals surface area (Å²) in [7, 11) is 0. The molecule has 0 spiro atoms. The largest absolute Gasteiger partial charge is 0.502 e. The van der Waals surface area contributed by atoms with Gasteiger partial charge in [0.2, 0.25) is 0 Å². The van der Waals surface area contributed by atoms with Gasteiger partial charge in [0.25, 0.3) is 5.70 Å². The van der Waals surface area contributed by atoms with Gasteiger partial charge in [-0.25, -0.2) is 0 Å². The minimum Gasteiger partial charge on any atom is -0.502 e. The number of anilines is 1. The molecule has 4 nitrogen and oxygen atoms in total. The van der Waals surface area contributed by atoms with Gasteiger partial charge in [-0.3, -0.25) is 0 Å². The minimum atomic E-state index is -2.89. The number of nitrogens with zero attached hydrogens (tertiary/aromatic N) is 1. The Bertz CT molecular complexity index is 1090. The fourth-order valence-electron chi connectivity index (χ4n) is 2.77. The van der Waals surface area contributed by atoms with Crippen LogP contribution in [0.3, 0.4) is 0 Å². The van der Waals surface area contributed by atoms with Gasteiger partial charge in [-0.05, 0) is 49.4 Å². The molecule has 2 aromatic carbocycles. The van der Waals surface area contributed by atoms with Gasteiger partial charge >= 0.3 is 6.61 Å². The van der Waals surface area contributed by atoms with Gasteiger partial charge in [0.1, 0.15) is 5.75 Å². The number of halogens is 3. The smallest absolute Gasteiger partial charge is 0.387 e. The summed E-state index contributed by atoms with van der Waals surface area (Å²) in [4.78, 5) is 0.251. The third-order valence-corrected chi connectivity index (χ3v) is 5.10. The number of nitrogens with one attached hydrogen (secondary N) is 1. The first-order valence-electron chi connectivity index (χ1n) is 8.88. The van der Waals surface area contributed by atoms with E-state index in [2.05, 4.69) is 26.0 Å². The van der Waals surface area contributed by atoms with Crippen LogP contribution in [0.15, 0.2) is 77.5 Å². The highest BCUT2D eigenvalue weighted by Crippen LogP contribution is 2.26. The van der Waals surface area contributed by atoms with Crippen molar-refractivity contribution in [3.63, 3.8) is 0 Å². The molecule has 30 heavy (non-hydrogen) atoms. The van der Waals surface area contributed by atoms with Crippen molar-refractivity contribution < 1.29 is 23.2 Å². The first-order valence-corrected chi connectivity index (χ1v) is 10.1. The van der Waals surface area contributed by atoms with Gasteiger partial charge < -0.3 is 15.2 Å². The lowest BCUT2D eigenvalue weighted by Gasteiger charge is -2.12. The summed E-state index contributed by atoms with van der Waals surface area (Å²) in [5.74, 6) is 0.0228. The van der Waals surface area contributed by atoms with Crippen molar-refractivity contribution in [3.05, 3.63) is 88.7 Å². The van der Waals surface area contributed by atoms with Gasteiger partial charge in [-0.2, -0.15) is 13.3 Å². The van der Waals surface area contributed by atoms with Crippen LogP contribution in [0.4, 0.5) is 14.5 Å². The third-order valence-electron chi connectivity index (χ3n) is 4.11. The molecule has 154 valence electrons. The predicted octanol–water partition coefficient (Wildman–Crippen LogP) is 5.97. The summed E-state index contributed by atoms with van der Waals surface area (Å²) in [6.45, 7) is -0.958. The third kappa shape index (κ3) is 5.40. The molecule has 1 heterocycles. The SMILES string of the molecule is Cc1ccc[n+](/C(C(=S)Nc2ccc(OC(F)F)cc2)=C(/O)c2ccccc2Br)c1. The fraction of sp³-hybridized carbons (Fsp3) is 0.0909. The summed E-state index contributed by atoms with van der Waals surface area (Å²) in [6, 6.07) is 17.0. The Morgan fingerprint density at radius 3 is 2.43 bits per heavy atom. The molecule has 0 amide bonds. The second-order valence-corrected chi connectivity index (χ2v) is 7.59. The molecule has 0 fully saturated rings. The molecule has 0 aliphatic carbocycles. The molecule has 0 saturated carbocycles. The number of alkyl halides is 2. The van der Waals surface area contributed by atoms with E-state index in [0.29, 0.717) is 21.4 Å². The van der Waals surface area contributed by atoms with Crippen LogP contribution in [0.1, 0.15) is 11.1 Å². The Kier molecular flexibility index (Phi) is 7.12. The number of thiocarbonyl (C=S) groups is 1. The molecular weight excluding hydrogens is 474 g/mol. The summed E-state index contributed by atoms with van der Waals surface area (Å²) >= 11 is 9.04. The zero-order chi connectivity index (χ0) is 21.7. The van der Waals surface area contributed by atoms with Gasteiger partial charge in [0.15, 0.2) is 23.1 Å². The Morgan fingerprint density at radius 2 is 1.80 bits per heavy atom. The van der Waals surface area contributed by atoms with Crippen LogP contribution in [0, 0.1) is 6.92 Å². The predicted molar refractivity (Wildman–Crippen MR) is 121 cm³/mol. The highest BCUT2D eigenvalue weighted by molar-refractivity contribution is 9.10. The van der Waals surface area contributed by atoms with Crippen LogP contribution in [0.25, 0.3) is 11.5 Å². The quantitative estimate of drug-likeness (QED) is 0.193. The normalized spacial score (nSPS) is 11.8. The van der Waals surface area contributed by atoms with E-state index in [1.165, 1.54) is 12.1 Å². The van der Waals surface area contributed by atoms with Crippen molar-refractivity contribution >= 4 is 50.3 Å².